The summed E-state index contributed by atoms with van der Waals surface area (Å²) in [7, 11) is 0. The van der Waals surface area contributed by atoms with Crippen molar-refractivity contribution in [3.63, 3.8) is 0 Å². The normalized spacial score (nSPS) is 10.5. The predicted molar refractivity (Wildman–Crippen MR) is 67.7 cm³/mol. The smallest absolute Gasteiger partial charge is 0.161 e. The molecule has 1 aromatic carbocycles. The number of ether oxygens (including phenoxy) is 2. The van der Waals surface area contributed by atoms with E-state index in [-0.39, 0.29) is 6.10 Å². The van der Waals surface area contributed by atoms with E-state index < -0.39 is 0 Å². The molecule has 0 saturated carbocycles. The van der Waals surface area contributed by atoms with Crippen molar-refractivity contribution < 1.29 is 9.47 Å². The van der Waals surface area contributed by atoms with Crippen LogP contribution in [0.25, 0.3) is 0 Å². The number of benzene rings is 1. The van der Waals surface area contributed by atoms with Crippen LogP contribution in [0.1, 0.15) is 26.7 Å². The van der Waals surface area contributed by atoms with Gasteiger partial charge in [-0.25, -0.2) is 0 Å². The molecule has 0 spiro atoms. The molecule has 0 bridgehead atoms. The molecule has 0 atom stereocenters. The number of hydrogen-bond donors (Lipinski definition) is 0. The van der Waals surface area contributed by atoms with Crippen molar-refractivity contribution in [2.75, 3.05) is 12.5 Å². The number of halogens is 1. The molecule has 0 aromatic heterocycles. The van der Waals surface area contributed by atoms with Gasteiger partial charge in [-0.2, -0.15) is 0 Å². The van der Waals surface area contributed by atoms with Crippen molar-refractivity contribution in [2.24, 2.45) is 0 Å². The molecule has 1 aromatic rings. The summed E-state index contributed by atoms with van der Waals surface area (Å²) in [5, 5.41) is 0. The topological polar surface area (TPSA) is 18.5 Å². The fourth-order valence-electron chi connectivity index (χ4n) is 1.30. The van der Waals surface area contributed by atoms with Crippen molar-refractivity contribution in [2.45, 2.75) is 32.8 Å². The van der Waals surface area contributed by atoms with Gasteiger partial charge in [0, 0.05) is 5.88 Å². The highest BCUT2D eigenvalue weighted by Crippen LogP contribution is 2.27. The zero-order valence-electron chi connectivity index (χ0n) is 9.91. The summed E-state index contributed by atoms with van der Waals surface area (Å²) in [5.41, 5.74) is 0. The van der Waals surface area contributed by atoms with Crippen molar-refractivity contribution in [3.05, 3.63) is 24.3 Å². The molecule has 0 fully saturated rings. The maximum Gasteiger partial charge on any atom is 0.161 e. The SMILES string of the molecule is CC(C)Oc1ccccc1OCCCCCl. The van der Waals surface area contributed by atoms with Gasteiger partial charge >= 0.3 is 0 Å². The Morgan fingerprint density at radius 1 is 1.12 bits per heavy atom. The largest absolute Gasteiger partial charge is 0.490 e. The lowest BCUT2D eigenvalue weighted by Gasteiger charge is -2.14. The zero-order chi connectivity index (χ0) is 11.8. The highest BCUT2D eigenvalue weighted by Gasteiger charge is 2.05. The van der Waals surface area contributed by atoms with Crippen LogP contribution in [0.2, 0.25) is 0 Å². The van der Waals surface area contributed by atoms with E-state index >= 15 is 0 Å². The van der Waals surface area contributed by atoms with Crippen LogP contribution >= 0.6 is 11.6 Å². The summed E-state index contributed by atoms with van der Waals surface area (Å²) in [6.07, 6.45) is 2.11. The van der Waals surface area contributed by atoms with Crippen LogP contribution in [0.4, 0.5) is 0 Å². The van der Waals surface area contributed by atoms with Crippen LogP contribution < -0.4 is 9.47 Å². The maximum absolute atomic E-state index is 5.66. The third-order valence-electron chi connectivity index (χ3n) is 2.00. The molecular formula is C13H19ClO2. The molecule has 0 unspecified atom stereocenters. The van der Waals surface area contributed by atoms with E-state index in [2.05, 4.69) is 0 Å². The fraction of sp³-hybridized carbons (Fsp3) is 0.538. The lowest BCUT2D eigenvalue weighted by atomic mass is 10.3. The van der Waals surface area contributed by atoms with Crippen LogP contribution in [0.5, 0.6) is 11.5 Å². The Bertz CT molecular complexity index is 300. The average molecular weight is 243 g/mol. The first kappa shape index (κ1) is 13.2. The predicted octanol–water partition coefficient (Wildman–Crippen LogP) is 3.87. The van der Waals surface area contributed by atoms with E-state index in [0.29, 0.717) is 12.5 Å². The second-order valence-corrected chi connectivity index (χ2v) is 4.24. The molecule has 0 heterocycles. The van der Waals surface area contributed by atoms with E-state index in [0.717, 1.165) is 24.3 Å². The van der Waals surface area contributed by atoms with Crippen LogP contribution in [-0.4, -0.2) is 18.6 Å². The Morgan fingerprint density at radius 2 is 1.81 bits per heavy atom. The highest BCUT2D eigenvalue weighted by atomic mass is 35.5. The molecule has 0 aliphatic heterocycles. The van der Waals surface area contributed by atoms with E-state index in [9.17, 15) is 0 Å². The van der Waals surface area contributed by atoms with Gasteiger partial charge in [-0.3, -0.25) is 0 Å². The fourth-order valence-corrected chi connectivity index (χ4v) is 1.49. The first-order valence-corrected chi connectivity index (χ1v) is 6.22. The summed E-state index contributed by atoms with van der Waals surface area (Å²) >= 11 is 5.60. The first-order valence-electron chi connectivity index (χ1n) is 5.68. The van der Waals surface area contributed by atoms with Crippen LogP contribution in [0.15, 0.2) is 24.3 Å². The van der Waals surface area contributed by atoms with Crippen molar-refractivity contribution in [3.8, 4) is 11.5 Å². The average Bonchev–Trinajstić information content (AvgIpc) is 2.26. The van der Waals surface area contributed by atoms with E-state index in [1.807, 2.05) is 38.1 Å². The molecule has 0 saturated heterocycles. The number of hydrogen-bond acceptors (Lipinski definition) is 2. The third-order valence-corrected chi connectivity index (χ3v) is 2.26. The summed E-state index contributed by atoms with van der Waals surface area (Å²) in [6.45, 7) is 4.69. The summed E-state index contributed by atoms with van der Waals surface area (Å²) in [6, 6.07) is 7.75. The second kappa shape index (κ2) is 7.39. The molecule has 0 aliphatic carbocycles. The molecule has 2 nitrogen and oxygen atoms in total. The van der Waals surface area contributed by atoms with Crippen molar-refractivity contribution in [1.29, 1.82) is 0 Å². The van der Waals surface area contributed by atoms with Gasteiger partial charge in [0.1, 0.15) is 0 Å². The van der Waals surface area contributed by atoms with E-state index in [1.54, 1.807) is 0 Å². The molecule has 1 rings (SSSR count). The van der Waals surface area contributed by atoms with Gasteiger partial charge in [0.05, 0.1) is 12.7 Å². The molecule has 0 aliphatic rings. The molecule has 0 amide bonds. The Labute approximate surface area is 103 Å². The summed E-state index contributed by atoms with van der Waals surface area (Å²) < 4.78 is 11.3. The van der Waals surface area contributed by atoms with Gasteiger partial charge in [0.2, 0.25) is 0 Å². The van der Waals surface area contributed by atoms with Gasteiger partial charge in [-0.1, -0.05) is 12.1 Å². The Hall–Kier alpha value is -0.890. The Kier molecular flexibility index (Phi) is 6.09. The molecule has 90 valence electrons. The second-order valence-electron chi connectivity index (χ2n) is 3.86. The minimum Gasteiger partial charge on any atom is -0.490 e. The van der Waals surface area contributed by atoms with Crippen LogP contribution in [0, 0.1) is 0 Å². The summed E-state index contributed by atoms with van der Waals surface area (Å²) in [5.74, 6) is 2.31. The molecule has 16 heavy (non-hydrogen) atoms. The van der Waals surface area contributed by atoms with Gasteiger partial charge in [-0.15, -0.1) is 11.6 Å². The molecular weight excluding hydrogens is 224 g/mol. The lowest BCUT2D eigenvalue weighted by molar-refractivity contribution is 0.220. The minimum atomic E-state index is 0.160. The van der Waals surface area contributed by atoms with E-state index in [1.165, 1.54) is 0 Å². The first-order chi connectivity index (χ1) is 7.74. The Morgan fingerprint density at radius 3 is 2.44 bits per heavy atom. The van der Waals surface area contributed by atoms with Crippen molar-refractivity contribution in [1.82, 2.24) is 0 Å². The van der Waals surface area contributed by atoms with Gasteiger partial charge in [0.25, 0.3) is 0 Å². The molecule has 0 N–H and O–H groups in total. The van der Waals surface area contributed by atoms with E-state index in [4.69, 9.17) is 21.1 Å². The standard InChI is InChI=1S/C13H19ClO2/c1-11(2)16-13-8-4-3-7-12(13)15-10-6-5-9-14/h3-4,7-8,11H,5-6,9-10H2,1-2H3. The maximum atomic E-state index is 5.66. The quantitative estimate of drug-likeness (QED) is 0.534. The molecule has 3 heteroatoms. The van der Waals surface area contributed by atoms with Gasteiger partial charge < -0.3 is 9.47 Å². The van der Waals surface area contributed by atoms with Crippen molar-refractivity contribution >= 4 is 11.6 Å². The van der Waals surface area contributed by atoms with Crippen LogP contribution in [-0.2, 0) is 0 Å². The van der Waals surface area contributed by atoms with Crippen LogP contribution in [0.3, 0.4) is 0 Å². The summed E-state index contributed by atoms with van der Waals surface area (Å²) in [4.78, 5) is 0. The third kappa shape index (κ3) is 4.75. The highest BCUT2D eigenvalue weighted by molar-refractivity contribution is 6.17. The number of para-hydroxylation sites is 2. The monoisotopic (exact) mass is 242 g/mol. The Balaban J connectivity index is 2.50. The molecule has 0 radical (unpaired) electrons. The number of unbranched alkanes of at least 4 members (excludes halogenated alkanes) is 1. The zero-order valence-corrected chi connectivity index (χ0v) is 10.7. The number of rotatable bonds is 7. The minimum absolute atomic E-state index is 0.160. The van der Waals surface area contributed by atoms with Gasteiger partial charge in [0.15, 0.2) is 11.5 Å². The number of alkyl halides is 1. The van der Waals surface area contributed by atoms with Gasteiger partial charge in [-0.05, 0) is 38.8 Å². The lowest BCUT2D eigenvalue weighted by Crippen LogP contribution is -2.07.